The molecule has 1 amide bonds. The maximum Gasteiger partial charge on any atom is 0.409 e. The van der Waals surface area contributed by atoms with Crippen molar-refractivity contribution in [3.63, 3.8) is 0 Å². The zero-order chi connectivity index (χ0) is 34.8. The van der Waals surface area contributed by atoms with Gasteiger partial charge in [0.05, 0.1) is 59.7 Å². The third-order valence-electron chi connectivity index (χ3n) is 8.36. The van der Waals surface area contributed by atoms with Gasteiger partial charge < -0.3 is 28.8 Å². The molecule has 1 N–H and O–H groups in total. The quantitative estimate of drug-likeness (QED) is 0.203. The van der Waals surface area contributed by atoms with E-state index >= 15 is 8.78 Å². The normalized spacial score (nSPS) is 15.7. The number of hydrogen-bond acceptors (Lipinski definition) is 8. The van der Waals surface area contributed by atoms with E-state index in [4.69, 9.17) is 19.5 Å². The van der Waals surface area contributed by atoms with Crippen molar-refractivity contribution in [1.82, 2.24) is 19.4 Å². The summed E-state index contributed by atoms with van der Waals surface area (Å²) in [6, 6.07) is 16.2. The van der Waals surface area contributed by atoms with Crippen molar-refractivity contribution in [2.45, 2.75) is 25.2 Å². The lowest BCUT2D eigenvalue weighted by molar-refractivity contribution is 0.0696. The first-order valence-corrected chi connectivity index (χ1v) is 15.0. The highest BCUT2D eigenvalue weighted by Crippen LogP contribution is 2.33. The summed E-state index contributed by atoms with van der Waals surface area (Å²) in [7, 11) is 2.74. The van der Waals surface area contributed by atoms with Crippen molar-refractivity contribution in [2.75, 3.05) is 27.3 Å². The van der Waals surface area contributed by atoms with Crippen molar-refractivity contribution >= 4 is 23.1 Å². The van der Waals surface area contributed by atoms with E-state index in [1.807, 2.05) is 6.07 Å². The Kier molecular flexibility index (Phi) is 9.19. The molecule has 2 aromatic heterocycles. The van der Waals surface area contributed by atoms with Gasteiger partial charge in [-0.2, -0.15) is 5.26 Å². The minimum Gasteiger partial charge on any atom is -0.478 e. The number of carbonyl (C=O) groups excluding carboxylic acids is 1. The summed E-state index contributed by atoms with van der Waals surface area (Å²) >= 11 is 0. The fourth-order valence-electron chi connectivity index (χ4n) is 5.91. The average Bonchev–Trinajstić information content (AvgIpc) is 3.69. The van der Waals surface area contributed by atoms with Crippen molar-refractivity contribution in [1.29, 1.82) is 5.26 Å². The molecule has 0 bridgehead atoms. The second-order valence-electron chi connectivity index (χ2n) is 11.3. The number of carbonyl (C=O) groups is 2. The number of pyridine rings is 1. The molecule has 6 rings (SSSR count). The van der Waals surface area contributed by atoms with Gasteiger partial charge in [0.15, 0.2) is 0 Å². The third kappa shape index (κ3) is 6.61. The number of nitriles is 1. The molecule has 11 nitrogen and oxygen atoms in total. The van der Waals surface area contributed by atoms with Crippen LogP contribution < -0.4 is 4.74 Å². The largest absolute Gasteiger partial charge is 0.478 e. The van der Waals surface area contributed by atoms with Crippen LogP contribution in [-0.2, 0) is 22.5 Å². The Morgan fingerprint density at radius 1 is 0.959 bits per heavy atom. The number of benzene rings is 3. The first kappa shape index (κ1) is 33.0. The standard InChI is InChI=1S/C35H28F3N5O6/c1-47-31-17-42(35(46)48-2)16-30(31)43-29-12-20(34(44)45)8-9-28(29)40-32(43)13-22-11-26(38)23(14-25(22)37)27-4-3-5-33(41-27)49-18-21-7-6-19(15-39)10-24(21)36/h3-12,14,30-31H,13,16-18H2,1-2H3,(H,44,45)/t30-,31-/m1/s1. The Morgan fingerprint density at radius 3 is 2.47 bits per heavy atom. The number of carboxylic acids is 1. The summed E-state index contributed by atoms with van der Waals surface area (Å²) in [6.45, 7) is 0.112. The molecule has 1 saturated heterocycles. The highest BCUT2D eigenvalue weighted by Gasteiger charge is 2.39. The number of fused-ring (bicyclic) bond motifs is 1. The van der Waals surface area contributed by atoms with Gasteiger partial charge in [-0.25, -0.2) is 32.7 Å². The second kappa shape index (κ2) is 13.7. The predicted molar refractivity (Wildman–Crippen MR) is 168 cm³/mol. The summed E-state index contributed by atoms with van der Waals surface area (Å²) in [4.78, 5) is 34.6. The van der Waals surface area contributed by atoms with Gasteiger partial charge in [0.1, 0.15) is 29.9 Å². The van der Waals surface area contributed by atoms with Crippen molar-refractivity contribution < 1.29 is 42.1 Å². The van der Waals surface area contributed by atoms with Crippen LogP contribution in [0.4, 0.5) is 18.0 Å². The Morgan fingerprint density at radius 2 is 1.76 bits per heavy atom. The molecule has 2 atom stereocenters. The van der Waals surface area contributed by atoms with Gasteiger partial charge in [0.25, 0.3) is 0 Å². The van der Waals surface area contributed by atoms with Gasteiger partial charge in [-0.1, -0.05) is 12.1 Å². The zero-order valence-electron chi connectivity index (χ0n) is 26.2. The highest BCUT2D eigenvalue weighted by molar-refractivity contribution is 5.92. The lowest BCUT2D eigenvalue weighted by atomic mass is 10.0. The predicted octanol–water partition coefficient (Wildman–Crippen LogP) is 5.89. The fraction of sp³-hybridized carbons (Fsp3) is 0.229. The van der Waals surface area contributed by atoms with E-state index in [1.54, 1.807) is 4.57 Å². The summed E-state index contributed by atoms with van der Waals surface area (Å²) in [5.74, 6) is -2.96. The summed E-state index contributed by atoms with van der Waals surface area (Å²) < 4.78 is 63.6. The molecule has 0 radical (unpaired) electrons. The number of ether oxygens (including phenoxy) is 3. The number of amides is 1. The third-order valence-corrected chi connectivity index (χ3v) is 8.36. The maximum atomic E-state index is 15.8. The SMILES string of the molecule is COC(=O)N1C[C@@H](n2c(Cc3cc(F)c(-c4cccc(OCc5ccc(C#N)cc5F)n4)cc3F)nc3ccc(C(=O)O)cc32)[C@H](OC)C1. The molecule has 5 aromatic rings. The molecule has 1 fully saturated rings. The van der Waals surface area contributed by atoms with Crippen molar-refractivity contribution in [2.24, 2.45) is 0 Å². The molecule has 1 aliphatic rings. The fourth-order valence-corrected chi connectivity index (χ4v) is 5.91. The van der Waals surface area contributed by atoms with Gasteiger partial charge in [-0.15, -0.1) is 0 Å². The summed E-state index contributed by atoms with van der Waals surface area (Å²) in [5, 5.41) is 18.6. The number of aromatic nitrogens is 3. The molecular weight excluding hydrogens is 643 g/mol. The summed E-state index contributed by atoms with van der Waals surface area (Å²) in [6.07, 6.45) is -1.30. The van der Waals surface area contributed by atoms with Crippen LogP contribution in [0.15, 0.2) is 66.7 Å². The highest BCUT2D eigenvalue weighted by atomic mass is 19.1. The van der Waals surface area contributed by atoms with Crippen LogP contribution in [0, 0.1) is 28.8 Å². The van der Waals surface area contributed by atoms with Crippen LogP contribution in [0.1, 0.15) is 38.9 Å². The van der Waals surface area contributed by atoms with Gasteiger partial charge in [-0.05, 0) is 54.1 Å². The lowest BCUT2D eigenvalue weighted by Gasteiger charge is -2.22. The van der Waals surface area contributed by atoms with E-state index in [9.17, 15) is 19.1 Å². The van der Waals surface area contributed by atoms with E-state index < -0.39 is 41.7 Å². The van der Waals surface area contributed by atoms with Crippen molar-refractivity contribution in [3.05, 3.63) is 112 Å². The molecule has 3 heterocycles. The molecule has 0 unspecified atom stereocenters. The minimum atomic E-state index is -1.16. The number of carboxylic acid groups (broad SMARTS) is 1. The van der Waals surface area contributed by atoms with Gasteiger partial charge in [0.2, 0.25) is 5.88 Å². The number of hydrogen-bond donors (Lipinski definition) is 1. The number of nitrogens with zero attached hydrogens (tertiary/aromatic N) is 5. The van der Waals surface area contributed by atoms with Crippen LogP contribution in [-0.4, -0.2) is 70.0 Å². The van der Waals surface area contributed by atoms with E-state index in [0.717, 1.165) is 18.2 Å². The van der Waals surface area contributed by atoms with Crippen LogP contribution in [0.2, 0.25) is 0 Å². The first-order chi connectivity index (χ1) is 23.6. The summed E-state index contributed by atoms with van der Waals surface area (Å²) in [5.41, 5.74) is 1.10. The second-order valence-corrected chi connectivity index (χ2v) is 11.3. The topological polar surface area (TPSA) is 140 Å². The van der Waals surface area contributed by atoms with E-state index in [2.05, 4.69) is 9.97 Å². The van der Waals surface area contributed by atoms with E-state index in [1.165, 1.54) is 67.7 Å². The Balaban J connectivity index is 1.31. The van der Waals surface area contributed by atoms with Gasteiger partial charge in [-0.3, -0.25) is 0 Å². The maximum absolute atomic E-state index is 15.8. The monoisotopic (exact) mass is 671 g/mol. The van der Waals surface area contributed by atoms with E-state index in [0.29, 0.717) is 16.9 Å². The van der Waals surface area contributed by atoms with E-state index in [-0.39, 0.29) is 65.5 Å². The molecular formula is C35H28F3N5O6. The number of likely N-dealkylation sites (tertiary alicyclic amines) is 1. The zero-order valence-corrected chi connectivity index (χ0v) is 26.2. The molecule has 49 heavy (non-hydrogen) atoms. The Hall–Kier alpha value is -5.94. The Bertz CT molecular complexity index is 2130. The first-order valence-electron chi connectivity index (χ1n) is 15.0. The van der Waals surface area contributed by atoms with Gasteiger partial charge >= 0.3 is 12.1 Å². The number of rotatable bonds is 9. The molecule has 3 aromatic carbocycles. The molecule has 0 saturated carbocycles. The smallest absolute Gasteiger partial charge is 0.409 e. The van der Waals surface area contributed by atoms with Crippen molar-refractivity contribution in [3.8, 4) is 23.2 Å². The molecule has 0 spiro atoms. The number of imidazole rings is 1. The molecule has 1 aliphatic heterocycles. The molecule has 250 valence electrons. The van der Waals surface area contributed by atoms with Crippen LogP contribution in [0.3, 0.4) is 0 Å². The lowest BCUT2D eigenvalue weighted by Crippen LogP contribution is -2.29. The average molecular weight is 672 g/mol. The number of halogens is 3. The number of methoxy groups -OCH3 is 2. The van der Waals surface area contributed by atoms with Gasteiger partial charge in [0, 0.05) is 37.3 Å². The molecule has 0 aliphatic carbocycles. The minimum absolute atomic E-state index is 0.000635. The van der Waals surface area contributed by atoms with Crippen LogP contribution >= 0.6 is 0 Å². The Labute approximate surface area is 277 Å². The van der Waals surface area contributed by atoms with Crippen LogP contribution in [0.25, 0.3) is 22.3 Å². The number of aromatic carboxylic acids is 1. The van der Waals surface area contributed by atoms with Crippen LogP contribution in [0.5, 0.6) is 5.88 Å². The molecule has 14 heteroatoms.